The maximum Gasteiger partial charge on any atom is 0.387 e. The first-order valence-corrected chi connectivity index (χ1v) is 6.13. The fourth-order valence-electron chi connectivity index (χ4n) is 1.13. The van der Waals surface area contributed by atoms with Gasteiger partial charge in [0.1, 0.15) is 18.4 Å². The van der Waals surface area contributed by atoms with Gasteiger partial charge in [0, 0.05) is 0 Å². The molecule has 108 valence electrons. The topological polar surface area (TPSA) is 176 Å². The number of nitrogens with one attached hydrogen (secondary N) is 1. The summed E-state index contributed by atoms with van der Waals surface area (Å²) >= 11 is 0. The Hall–Kier alpha value is -3.16. The number of urea groups is 1. The predicted octanol–water partition coefficient (Wildman–Crippen LogP) is -0.874. The number of H-pyrrole nitrogens is 1. The summed E-state index contributed by atoms with van der Waals surface area (Å²) in [4.78, 5) is 28.9. The second-order valence-corrected chi connectivity index (χ2v) is 3.86. The number of nitrogens with zero attached hydrogens (tertiary/aromatic N) is 8. The summed E-state index contributed by atoms with van der Waals surface area (Å²) in [6, 6.07) is -1.26. The van der Waals surface area contributed by atoms with Gasteiger partial charge in [0.2, 0.25) is 5.65 Å². The molecule has 1 aliphatic heterocycles. The van der Waals surface area contributed by atoms with Crippen molar-refractivity contribution in [2.75, 3.05) is 6.54 Å². The number of aromatic amines is 1. The molecule has 2 aromatic heterocycles. The molecule has 3 heterocycles. The summed E-state index contributed by atoms with van der Waals surface area (Å²) in [6.07, 6.45) is 3.04. The average molecular weight is 311 g/mol. The summed E-state index contributed by atoms with van der Waals surface area (Å²) < 4.78 is 22.3. The van der Waals surface area contributed by atoms with E-state index >= 15 is 0 Å². The monoisotopic (exact) mass is 311 g/mol. The second kappa shape index (κ2) is 6.33. The fourth-order valence-corrected chi connectivity index (χ4v) is 1.33. The van der Waals surface area contributed by atoms with Crippen LogP contribution in [0.15, 0.2) is 27.2 Å². The lowest BCUT2D eigenvalue weighted by atomic mass is 10.6. The van der Waals surface area contributed by atoms with Crippen LogP contribution < -0.4 is 0 Å². The van der Waals surface area contributed by atoms with Crippen molar-refractivity contribution in [1.29, 1.82) is 0 Å². The van der Waals surface area contributed by atoms with E-state index in [1.165, 1.54) is 6.33 Å². The van der Waals surface area contributed by atoms with Gasteiger partial charge in [0.05, 0.1) is 6.20 Å². The molecule has 14 heteroatoms. The van der Waals surface area contributed by atoms with Crippen LogP contribution in [0.2, 0.25) is 0 Å². The summed E-state index contributed by atoms with van der Waals surface area (Å²) in [5.74, 6) is -0.700. The Balaban J connectivity index is 0.000000159. The Morgan fingerprint density at radius 1 is 1.38 bits per heavy atom. The zero-order chi connectivity index (χ0) is 15.2. The van der Waals surface area contributed by atoms with Gasteiger partial charge in [-0.05, 0) is 0 Å². The molecule has 0 fully saturated rings. The third-order valence-corrected chi connectivity index (χ3v) is 2.23. The molecule has 1 N–H and O–H groups in total. The van der Waals surface area contributed by atoms with Gasteiger partial charge in [-0.1, -0.05) is 9.59 Å². The van der Waals surface area contributed by atoms with Crippen molar-refractivity contribution in [2.45, 2.75) is 0 Å². The number of imide groups is 1. The van der Waals surface area contributed by atoms with Crippen molar-refractivity contribution in [2.24, 2.45) is 14.7 Å². The third kappa shape index (κ3) is 3.66. The molecule has 0 aliphatic carbocycles. The Labute approximate surface area is 116 Å². The number of amides is 3. The van der Waals surface area contributed by atoms with E-state index in [1.54, 1.807) is 6.20 Å². The van der Waals surface area contributed by atoms with Crippen LogP contribution >= 0.6 is 0 Å². The Morgan fingerprint density at radius 2 is 2.19 bits per heavy atom. The van der Waals surface area contributed by atoms with Gasteiger partial charge in [-0.2, -0.15) is 23.8 Å². The van der Waals surface area contributed by atoms with E-state index in [0.717, 1.165) is 0 Å². The molecule has 0 unspecified atom stereocenters. The van der Waals surface area contributed by atoms with Gasteiger partial charge in [-0.3, -0.25) is 4.79 Å². The van der Waals surface area contributed by atoms with E-state index in [2.05, 4.69) is 40.1 Å². The molecule has 0 saturated heterocycles. The van der Waals surface area contributed by atoms with Gasteiger partial charge in [-0.15, -0.1) is 10.1 Å². The number of aromatic nitrogens is 5. The predicted molar refractivity (Wildman–Crippen MR) is 62.8 cm³/mol. The molecule has 0 saturated carbocycles. The summed E-state index contributed by atoms with van der Waals surface area (Å²) in [6.45, 7) is -0.257. The largest absolute Gasteiger partial charge is 0.387 e. The molecule has 0 radical (unpaired) electrons. The van der Waals surface area contributed by atoms with Crippen molar-refractivity contribution in [1.82, 2.24) is 30.4 Å². The molecule has 0 aromatic carbocycles. The van der Waals surface area contributed by atoms with E-state index < -0.39 is 22.4 Å². The molecule has 3 rings (SSSR count). The van der Waals surface area contributed by atoms with E-state index in [1.807, 2.05) is 0 Å². The van der Waals surface area contributed by atoms with E-state index in [9.17, 15) is 18.0 Å². The van der Waals surface area contributed by atoms with E-state index in [4.69, 9.17) is 0 Å². The zero-order valence-corrected chi connectivity index (χ0v) is 10.8. The van der Waals surface area contributed by atoms with Gasteiger partial charge < -0.3 is 0 Å². The van der Waals surface area contributed by atoms with Crippen LogP contribution in [0.4, 0.5) is 4.79 Å². The van der Waals surface area contributed by atoms with Crippen LogP contribution in [0.1, 0.15) is 0 Å². The standard InChI is InChI=1S/C4H3N5.C3H2N4O4S/c1-3-4(6-2-5-1)8-9-7-3;8-2-1-4-6-7(2)3(9)5-12(10)11/h1-2H,(H,5,6,7,8,9);1H2. The molecule has 2 aromatic rings. The number of carbonyl (C=O) groups excluding carboxylic acids is 2. The second-order valence-electron chi connectivity index (χ2n) is 3.24. The molecule has 1 aliphatic rings. The summed E-state index contributed by atoms with van der Waals surface area (Å²) in [7, 11) is -2.88. The highest BCUT2D eigenvalue weighted by atomic mass is 32.2. The minimum Gasteiger partial charge on any atom is -0.270 e. The fraction of sp³-hybridized carbons (Fsp3) is 0.143. The third-order valence-electron chi connectivity index (χ3n) is 1.93. The molecule has 0 atom stereocenters. The first-order chi connectivity index (χ1) is 10.1. The number of fused-ring (bicyclic) bond motifs is 1. The van der Waals surface area contributed by atoms with Crippen LogP contribution in [-0.4, -0.2) is 57.3 Å². The number of hydrogen-bond donors (Lipinski definition) is 1. The van der Waals surface area contributed by atoms with Gasteiger partial charge >= 0.3 is 16.5 Å². The van der Waals surface area contributed by atoms with Crippen molar-refractivity contribution in [3.8, 4) is 0 Å². The number of carbonyl (C=O) groups is 2. The first-order valence-electron chi connectivity index (χ1n) is 5.10. The molecule has 0 bridgehead atoms. The molecular weight excluding hydrogens is 306 g/mol. The Morgan fingerprint density at radius 3 is 2.81 bits per heavy atom. The van der Waals surface area contributed by atoms with Crippen LogP contribution in [-0.2, 0) is 15.3 Å². The van der Waals surface area contributed by atoms with Crippen LogP contribution in [0, 0.1) is 0 Å². The maximum atomic E-state index is 10.7. The molecular formula is C7H5N9O4S. The minimum atomic E-state index is -2.88. The minimum absolute atomic E-state index is 0.257. The molecule has 0 spiro atoms. The smallest absolute Gasteiger partial charge is 0.270 e. The number of hydrogen-bond acceptors (Lipinski definition) is 10. The lowest BCUT2D eigenvalue weighted by Crippen LogP contribution is -2.27. The Kier molecular flexibility index (Phi) is 4.30. The highest BCUT2D eigenvalue weighted by molar-refractivity contribution is 7.62. The normalized spacial score (nSPS) is 13.0. The average Bonchev–Trinajstić information content (AvgIpc) is 3.06. The highest BCUT2D eigenvalue weighted by Crippen LogP contribution is 2.03. The van der Waals surface area contributed by atoms with Gasteiger partial charge in [-0.25, -0.2) is 14.8 Å². The zero-order valence-electron chi connectivity index (χ0n) is 9.98. The maximum absolute atomic E-state index is 10.7. The molecule has 3 amide bonds. The van der Waals surface area contributed by atoms with E-state index in [-0.39, 0.29) is 11.6 Å². The lowest BCUT2D eigenvalue weighted by Gasteiger charge is -1.99. The summed E-state index contributed by atoms with van der Waals surface area (Å²) in [5.41, 5.74) is 1.29. The lowest BCUT2D eigenvalue weighted by molar-refractivity contribution is -0.124. The summed E-state index contributed by atoms with van der Waals surface area (Å²) in [5, 5.41) is 16.5. The van der Waals surface area contributed by atoms with Gasteiger partial charge in [0.15, 0.2) is 0 Å². The van der Waals surface area contributed by atoms with Gasteiger partial charge in [0.25, 0.3) is 5.91 Å². The van der Waals surface area contributed by atoms with Crippen LogP contribution in [0.3, 0.4) is 0 Å². The Bertz CT molecular complexity index is 802. The van der Waals surface area contributed by atoms with Crippen LogP contribution in [0.25, 0.3) is 11.2 Å². The number of rotatable bonds is 0. The SMILES string of the molecule is O=C1CN=NN1C(=O)N=S(=O)=O.c1ncc2n[nH]nc2n1. The van der Waals surface area contributed by atoms with Crippen LogP contribution in [0.5, 0.6) is 0 Å². The first kappa shape index (κ1) is 14.3. The molecule has 13 nitrogen and oxygen atoms in total. The van der Waals surface area contributed by atoms with Crippen molar-refractivity contribution >= 4 is 33.6 Å². The quantitative estimate of drug-likeness (QED) is 0.652. The van der Waals surface area contributed by atoms with E-state index in [0.29, 0.717) is 11.2 Å². The van der Waals surface area contributed by atoms with Crippen molar-refractivity contribution in [3.05, 3.63) is 12.5 Å². The van der Waals surface area contributed by atoms with Crippen molar-refractivity contribution < 1.29 is 18.0 Å². The van der Waals surface area contributed by atoms with Crippen molar-refractivity contribution in [3.63, 3.8) is 0 Å². The highest BCUT2D eigenvalue weighted by Gasteiger charge is 2.25. The molecule has 21 heavy (non-hydrogen) atoms.